The van der Waals surface area contributed by atoms with Crippen molar-refractivity contribution in [2.45, 2.75) is 0 Å². The molecule has 0 radical (unpaired) electrons. The fraction of sp³-hybridized carbons (Fsp3) is 0.357. The number of carbonyl (C=O) groups is 1. The zero-order chi connectivity index (χ0) is 13.9. The number of carbonyl (C=O) groups excluding carboxylic acids is 1. The van der Waals surface area contributed by atoms with Crippen LogP contribution in [0.4, 0.5) is 5.82 Å². The summed E-state index contributed by atoms with van der Waals surface area (Å²) in [7, 11) is 1.36. The second kappa shape index (κ2) is 5.42. The molecule has 3 heterocycles. The molecule has 1 saturated heterocycles. The molecule has 1 fully saturated rings. The fourth-order valence-corrected chi connectivity index (χ4v) is 2.26. The molecular formula is C14H15N3O3. The van der Waals surface area contributed by atoms with Crippen LogP contribution in [0.5, 0.6) is 0 Å². The van der Waals surface area contributed by atoms with Gasteiger partial charge in [0.05, 0.1) is 31.4 Å². The third kappa shape index (κ3) is 2.30. The van der Waals surface area contributed by atoms with Crippen molar-refractivity contribution in [2.24, 2.45) is 0 Å². The third-order valence-electron chi connectivity index (χ3n) is 3.31. The summed E-state index contributed by atoms with van der Waals surface area (Å²) in [5.74, 6) is 0.433. The van der Waals surface area contributed by atoms with Crippen LogP contribution in [0, 0.1) is 0 Å². The molecule has 104 valence electrons. The Labute approximate surface area is 116 Å². The molecule has 0 aromatic carbocycles. The van der Waals surface area contributed by atoms with Gasteiger partial charge in [0, 0.05) is 19.3 Å². The minimum atomic E-state index is -0.399. The number of rotatable bonds is 2. The number of anilines is 1. The van der Waals surface area contributed by atoms with E-state index in [1.807, 2.05) is 12.1 Å². The van der Waals surface area contributed by atoms with Crippen LogP contribution in [0.15, 0.2) is 24.4 Å². The SMILES string of the molecule is COC(=O)c1ccnc2ccc(N3CCOCC3)nc12. The van der Waals surface area contributed by atoms with Crippen LogP contribution in [0.25, 0.3) is 11.0 Å². The first kappa shape index (κ1) is 12.8. The fourth-order valence-electron chi connectivity index (χ4n) is 2.26. The van der Waals surface area contributed by atoms with E-state index < -0.39 is 5.97 Å². The van der Waals surface area contributed by atoms with Crippen LogP contribution in [-0.4, -0.2) is 49.4 Å². The van der Waals surface area contributed by atoms with E-state index in [1.165, 1.54) is 7.11 Å². The Balaban J connectivity index is 2.06. The number of nitrogens with zero attached hydrogens (tertiary/aromatic N) is 3. The largest absolute Gasteiger partial charge is 0.465 e. The zero-order valence-corrected chi connectivity index (χ0v) is 11.2. The van der Waals surface area contributed by atoms with Crippen molar-refractivity contribution >= 4 is 22.8 Å². The minimum Gasteiger partial charge on any atom is -0.465 e. The molecule has 6 nitrogen and oxygen atoms in total. The van der Waals surface area contributed by atoms with Crippen molar-refractivity contribution < 1.29 is 14.3 Å². The Hall–Kier alpha value is -2.21. The maximum Gasteiger partial charge on any atom is 0.340 e. The van der Waals surface area contributed by atoms with Gasteiger partial charge >= 0.3 is 5.97 Å². The van der Waals surface area contributed by atoms with Gasteiger partial charge in [-0.1, -0.05) is 0 Å². The van der Waals surface area contributed by atoms with Gasteiger partial charge in [0.2, 0.25) is 0 Å². The van der Waals surface area contributed by atoms with E-state index in [2.05, 4.69) is 14.9 Å². The summed E-state index contributed by atoms with van der Waals surface area (Å²) in [6, 6.07) is 5.42. The molecule has 0 N–H and O–H groups in total. The van der Waals surface area contributed by atoms with E-state index in [9.17, 15) is 4.79 Å². The normalized spacial score (nSPS) is 15.3. The van der Waals surface area contributed by atoms with Gasteiger partial charge in [-0.3, -0.25) is 4.98 Å². The molecule has 6 heteroatoms. The van der Waals surface area contributed by atoms with Gasteiger partial charge in [-0.05, 0) is 18.2 Å². The molecule has 1 aliphatic heterocycles. The van der Waals surface area contributed by atoms with Crippen LogP contribution in [0.2, 0.25) is 0 Å². The number of esters is 1. The van der Waals surface area contributed by atoms with E-state index in [-0.39, 0.29) is 0 Å². The standard InChI is InChI=1S/C14H15N3O3/c1-19-14(18)10-4-5-15-11-2-3-12(16-13(10)11)17-6-8-20-9-7-17/h2-5H,6-9H2,1H3. The van der Waals surface area contributed by atoms with E-state index in [4.69, 9.17) is 9.47 Å². The predicted octanol–water partition coefficient (Wildman–Crippen LogP) is 1.25. The van der Waals surface area contributed by atoms with Gasteiger partial charge < -0.3 is 14.4 Å². The van der Waals surface area contributed by atoms with Crippen molar-refractivity contribution in [1.82, 2.24) is 9.97 Å². The van der Waals surface area contributed by atoms with Crippen LogP contribution in [0.1, 0.15) is 10.4 Å². The Morgan fingerprint density at radius 2 is 2.10 bits per heavy atom. The van der Waals surface area contributed by atoms with Gasteiger partial charge in [0.15, 0.2) is 0 Å². The second-order valence-corrected chi connectivity index (χ2v) is 4.49. The number of methoxy groups -OCH3 is 1. The number of hydrogen-bond acceptors (Lipinski definition) is 6. The molecule has 3 rings (SSSR count). The molecule has 20 heavy (non-hydrogen) atoms. The minimum absolute atomic E-state index is 0.399. The molecule has 0 aliphatic carbocycles. The van der Waals surface area contributed by atoms with Crippen molar-refractivity contribution in [3.05, 3.63) is 30.0 Å². The second-order valence-electron chi connectivity index (χ2n) is 4.49. The zero-order valence-electron chi connectivity index (χ0n) is 11.2. The Bertz CT molecular complexity index is 639. The highest BCUT2D eigenvalue weighted by Crippen LogP contribution is 2.20. The quantitative estimate of drug-likeness (QED) is 0.767. The molecular weight excluding hydrogens is 258 g/mol. The Morgan fingerprint density at radius 1 is 1.30 bits per heavy atom. The van der Waals surface area contributed by atoms with E-state index in [1.54, 1.807) is 12.3 Å². The Kier molecular flexibility index (Phi) is 3.47. The lowest BCUT2D eigenvalue weighted by atomic mass is 10.2. The van der Waals surface area contributed by atoms with E-state index in [0.717, 1.165) is 18.9 Å². The number of pyridine rings is 2. The molecule has 2 aromatic rings. The summed E-state index contributed by atoms with van der Waals surface area (Å²) in [5, 5.41) is 0. The maximum absolute atomic E-state index is 11.8. The number of hydrogen-bond donors (Lipinski definition) is 0. The van der Waals surface area contributed by atoms with Gasteiger partial charge in [-0.2, -0.15) is 0 Å². The average molecular weight is 273 g/mol. The number of ether oxygens (including phenoxy) is 2. The van der Waals surface area contributed by atoms with Crippen molar-refractivity contribution in [3.63, 3.8) is 0 Å². The van der Waals surface area contributed by atoms with Gasteiger partial charge in [-0.15, -0.1) is 0 Å². The van der Waals surface area contributed by atoms with Crippen LogP contribution in [0.3, 0.4) is 0 Å². The molecule has 0 bridgehead atoms. The Morgan fingerprint density at radius 3 is 2.85 bits per heavy atom. The number of fused-ring (bicyclic) bond motifs is 1. The molecule has 0 unspecified atom stereocenters. The smallest absolute Gasteiger partial charge is 0.340 e. The van der Waals surface area contributed by atoms with Gasteiger partial charge in [0.25, 0.3) is 0 Å². The molecule has 0 spiro atoms. The summed E-state index contributed by atoms with van der Waals surface area (Å²) >= 11 is 0. The molecule has 0 saturated carbocycles. The van der Waals surface area contributed by atoms with E-state index >= 15 is 0 Å². The first-order valence-electron chi connectivity index (χ1n) is 6.46. The lowest BCUT2D eigenvalue weighted by Gasteiger charge is -2.27. The summed E-state index contributed by atoms with van der Waals surface area (Å²) < 4.78 is 10.1. The summed E-state index contributed by atoms with van der Waals surface area (Å²) in [6.45, 7) is 2.98. The number of aromatic nitrogens is 2. The topological polar surface area (TPSA) is 64.5 Å². The summed E-state index contributed by atoms with van der Waals surface area (Å²) in [5.41, 5.74) is 1.70. The first-order chi connectivity index (χ1) is 9.79. The first-order valence-corrected chi connectivity index (χ1v) is 6.46. The molecule has 2 aromatic heterocycles. The molecule has 1 aliphatic rings. The third-order valence-corrected chi connectivity index (χ3v) is 3.31. The number of morpholine rings is 1. The van der Waals surface area contributed by atoms with Crippen molar-refractivity contribution in [1.29, 1.82) is 0 Å². The summed E-state index contributed by atoms with van der Waals surface area (Å²) in [6.07, 6.45) is 1.59. The average Bonchev–Trinajstić information content (AvgIpc) is 2.54. The van der Waals surface area contributed by atoms with Crippen LogP contribution in [-0.2, 0) is 9.47 Å². The molecule has 0 atom stereocenters. The van der Waals surface area contributed by atoms with Crippen molar-refractivity contribution in [2.75, 3.05) is 38.3 Å². The molecule has 0 amide bonds. The lowest BCUT2D eigenvalue weighted by molar-refractivity contribution is 0.0602. The highest BCUT2D eigenvalue weighted by Gasteiger charge is 2.16. The lowest BCUT2D eigenvalue weighted by Crippen LogP contribution is -2.36. The highest BCUT2D eigenvalue weighted by atomic mass is 16.5. The van der Waals surface area contributed by atoms with Crippen molar-refractivity contribution in [3.8, 4) is 0 Å². The van der Waals surface area contributed by atoms with Gasteiger partial charge in [-0.25, -0.2) is 9.78 Å². The van der Waals surface area contributed by atoms with E-state index in [0.29, 0.717) is 29.8 Å². The maximum atomic E-state index is 11.8. The highest BCUT2D eigenvalue weighted by molar-refractivity contribution is 6.01. The monoisotopic (exact) mass is 273 g/mol. The van der Waals surface area contributed by atoms with Crippen LogP contribution < -0.4 is 4.90 Å². The summed E-state index contributed by atoms with van der Waals surface area (Å²) in [4.78, 5) is 22.7. The van der Waals surface area contributed by atoms with Crippen LogP contribution >= 0.6 is 0 Å². The predicted molar refractivity (Wildman–Crippen MR) is 73.9 cm³/mol. The van der Waals surface area contributed by atoms with Gasteiger partial charge in [0.1, 0.15) is 11.3 Å².